The fraction of sp³-hybridized carbons (Fsp3) is 0.143. The second-order valence-electron chi connectivity index (χ2n) is 2.74. The smallest absolute Gasteiger partial charge is 0.273 e. The van der Waals surface area contributed by atoms with Gasteiger partial charge in [-0.2, -0.15) is 0 Å². The summed E-state index contributed by atoms with van der Waals surface area (Å²) < 4.78 is 26.1. The van der Waals surface area contributed by atoms with E-state index in [1.165, 1.54) is 6.07 Å². The van der Waals surface area contributed by atoms with Crippen LogP contribution in [0.2, 0.25) is 0 Å². The highest BCUT2D eigenvalue weighted by Gasteiger charge is 2.17. The first-order chi connectivity index (χ1) is 7.62. The van der Waals surface area contributed by atoms with Crippen molar-refractivity contribution in [2.45, 2.75) is 10.8 Å². The van der Waals surface area contributed by atoms with E-state index in [-0.39, 0.29) is 15.9 Å². The lowest BCUT2D eigenvalue weighted by molar-refractivity contribution is 0.603. The van der Waals surface area contributed by atoms with Crippen molar-refractivity contribution >= 4 is 37.8 Å². The molecule has 0 spiro atoms. The van der Waals surface area contributed by atoms with Gasteiger partial charge in [0, 0.05) is 6.54 Å². The van der Waals surface area contributed by atoms with Crippen LogP contribution in [0.5, 0.6) is 0 Å². The van der Waals surface area contributed by atoms with Crippen LogP contribution >= 0.6 is 22.7 Å². The molecule has 0 aliphatic carbocycles. The van der Waals surface area contributed by atoms with Crippen LogP contribution < -0.4 is 10.5 Å². The quantitative estimate of drug-likeness (QED) is 0.863. The molecule has 2 aromatic heterocycles. The Labute approximate surface area is 100 Å². The van der Waals surface area contributed by atoms with E-state index in [1.54, 1.807) is 11.4 Å². The Bertz CT molecular complexity index is 560. The zero-order valence-electron chi connectivity index (χ0n) is 7.95. The average molecular weight is 276 g/mol. The number of rotatable bonds is 4. The normalized spacial score (nSPS) is 11.6. The van der Waals surface area contributed by atoms with Crippen LogP contribution in [0.25, 0.3) is 0 Å². The summed E-state index contributed by atoms with van der Waals surface area (Å²) in [6, 6.07) is 3.20. The average Bonchev–Trinajstić information content (AvgIpc) is 2.86. The zero-order chi connectivity index (χ0) is 11.6. The van der Waals surface area contributed by atoms with Gasteiger partial charge >= 0.3 is 0 Å². The first-order valence-electron chi connectivity index (χ1n) is 4.20. The highest BCUT2D eigenvalue weighted by atomic mass is 32.2. The first-order valence-corrected chi connectivity index (χ1v) is 7.38. The van der Waals surface area contributed by atoms with Crippen LogP contribution in [0, 0.1) is 0 Å². The van der Waals surface area contributed by atoms with E-state index in [2.05, 4.69) is 14.9 Å². The summed E-state index contributed by atoms with van der Waals surface area (Å²) in [6.07, 6.45) is 0. The molecule has 0 amide bonds. The largest absolute Gasteiger partial charge is 0.324 e. The van der Waals surface area contributed by atoms with Gasteiger partial charge in [0.15, 0.2) is 0 Å². The maximum Gasteiger partial charge on any atom is 0.273 e. The van der Waals surface area contributed by atoms with Crippen LogP contribution in [0.3, 0.4) is 0 Å². The van der Waals surface area contributed by atoms with Crippen molar-refractivity contribution in [3.8, 4) is 0 Å². The number of nitrogens with zero attached hydrogens (tertiary/aromatic N) is 2. The molecule has 0 saturated heterocycles. The SMILES string of the molecule is NCc1nnc(NS(=O)(=O)c2cccs2)s1. The molecule has 0 atom stereocenters. The van der Waals surface area contributed by atoms with E-state index in [4.69, 9.17) is 5.73 Å². The molecule has 0 unspecified atom stereocenters. The van der Waals surface area contributed by atoms with Gasteiger partial charge in [-0.3, -0.25) is 4.72 Å². The van der Waals surface area contributed by atoms with E-state index >= 15 is 0 Å². The minimum atomic E-state index is -3.53. The van der Waals surface area contributed by atoms with Crippen molar-refractivity contribution in [3.63, 3.8) is 0 Å². The van der Waals surface area contributed by atoms with Crippen LogP contribution in [-0.2, 0) is 16.6 Å². The van der Waals surface area contributed by atoms with E-state index in [0.717, 1.165) is 22.7 Å². The van der Waals surface area contributed by atoms with E-state index in [9.17, 15) is 8.42 Å². The minimum absolute atomic E-state index is 0.230. The highest BCUT2D eigenvalue weighted by Crippen LogP contribution is 2.22. The molecule has 0 saturated carbocycles. The Kier molecular flexibility index (Phi) is 3.19. The van der Waals surface area contributed by atoms with Crippen LogP contribution in [0.1, 0.15) is 5.01 Å². The zero-order valence-corrected chi connectivity index (χ0v) is 10.4. The lowest BCUT2D eigenvalue weighted by Gasteiger charge is -2.00. The van der Waals surface area contributed by atoms with Gasteiger partial charge in [0.2, 0.25) is 5.13 Å². The molecule has 0 aliphatic rings. The molecule has 0 aliphatic heterocycles. The van der Waals surface area contributed by atoms with Crippen molar-refractivity contribution in [1.29, 1.82) is 0 Å². The summed E-state index contributed by atoms with van der Waals surface area (Å²) >= 11 is 2.27. The molecular weight excluding hydrogens is 268 g/mol. The van der Waals surface area contributed by atoms with Crippen molar-refractivity contribution in [3.05, 3.63) is 22.5 Å². The number of nitrogens with two attached hydrogens (primary N) is 1. The summed E-state index contributed by atoms with van der Waals surface area (Å²) in [5.74, 6) is 0. The fourth-order valence-electron chi connectivity index (χ4n) is 0.959. The third kappa shape index (κ3) is 2.38. The molecule has 2 aromatic rings. The maximum atomic E-state index is 11.8. The summed E-state index contributed by atoms with van der Waals surface area (Å²) in [6.45, 7) is 0.248. The predicted molar refractivity (Wildman–Crippen MR) is 62.9 cm³/mol. The Morgan fingerprint density at radius 2 is 2.25 bits per heavy atom. The van der Waals surface area contributed by atoms with Gasteiger partial charge in [-0.05, 0) is 11.4 Å². The molecule has 0 radical (unpaired) electrons. The molecule has 16 heavy (non-hydrogen) atoms. The van der Waals surface area contributed by atoms with E-state index < -0.39 is 10.0 Å². The standard InChI is InChI=1S/C7H8N4O2S3/c8-4-5-9-10-7(15-5)11-16(12,13)6-2-1-3-14-6/h1-3H,4,8H2,(H,10,11). The van der Waals surface area contributed by atoms with E-state index in [1.807, 2.05) is 0 Å². The maximum absolute atomic E-state index is 11.8. The molecular formula is C7H8N4O2S3. The number of hydrogen-bond acceptors (Lipinski definition) is 7. The summed E-state index contributed by atoms with van der Waals surface area (Å²) in [5, 5.41) is 9.92. The van der Waals surface area contributed by atoms with Gasteiger partial charge in [-0.1, -0.05) is 17.4 Å². The van der Waals surface area contributed by atoms with Crippen molar-refractivity contribution < 1.29 is 8.42 Å². The molecule has 86 valence electrons. The van der Waals surface area contributed by atoms with E-state index in [0.29, 0.717) is 5.01 Å². The van der Waals surface area contributed by atoms with Gasteiger partial charge in [-0.25, -0.2) is 8.42 Å². The van der Waals surface area contributed by atoms with Crippen molar-refractivity contribution in [1.82, 2.24) is 10.2 Å². The van der Waals surface area contributed by atoms with Crippen LogP contribution in [-0.4, -0.2) is 18.6 Å². The second kappa shape index (κ2) is 4.45. The third-order valence-corrected chi connectivity index (χ3v) is 5.35. The number of anilines is 1. The number of nitrogens with one attached hydrogen (secondary N) is 1. The van der Waals surface area contributed by atoms with Gasteiger partial charge in [-0.15, -0.1) is 21.5 Å². The lowest BCUT2D eigenvalue weighted by Crippen LogP contribution is -2.11. The monoisotopic (exact) mass is 276 g/mol. The number of hydrogen-bond donors (Lipinski definition) is 2. The molecule has 6 nitrogen and oxygen atoms in total. The molecule has 2 heterocycles. The highest BCUT2D eigenvalue weighted by molar-refractivity contribution is 7.94. The Morgan fingerprint density at radius 3 is 2.81 bits per heavy atom. The predicted octanol–water partition coefficient (Wildman–Crippen LogP) is 0.859. The number of aromatic nitrogens is 2. The molecule has 3 N–H and O–H groups in total. The molecule has 2 rings (SSSR count). The topological polar surface area (TPSA) is 98.0 Å². The Hall–Kier alpha value is -1.03. The fourth-order valence-corrected chi connectivity index (χ4v) is 3.80. The molecule has 0 aromatic carbocycles. The summed E-state index contributed by atoms with van der Waals surface area (Å²) in [5.41, 5.74) is 5.35. The Morgan fingerprint density at radius 1 is 1.44 bits per heavy atom. The molecule has 0 fully saturated rings. The van der Waals surface area contributed by atoms with Crippen molar-refractivity contribution in [2.75, 3.05) is 4.72 Å². The molecule has 9 heteroatoms. The van der Waals surface area contributed by atoms with Gasteiger partial charge in [0.1, 0.15) is 9.22 Å². The van der Waals surface area contributed by atoms with Crippen molar-refractivity contribution in [2.24, 2.45) is 5.73 Å². The molecule has 0 bridgehead atoms. The van der Waals surface area contributed by atoms with Gasteiger partial charge < -0.3 is 5.73 Å². The second-order valence-corrected chi connectivity index (χ2v) is 6.66. The first kappa shape index (κ1) is 11.5. The number of thiophene rings is 1. The lowest BCUT2D eigenvalue weighted by atomic mass is 10.7. The third-order valence-electron chi connectivity index (χ3n) is 1.62. The number of sulfonamides is 1. The Balaban J connectivity index is 2.21. The van der Waals surface area contributed by atoms with Gasteiger partial charge in [0.25, 0.3) is 10.0 Å². The van der Waals surface area contributed by atoms with Gasteiger partial charge in [0.05, 0.1) is 0 Å². The summed E-state index contributed by atoms with van der Waals surface area (Å²) in [4.78, 5) is 0. The van der Waals surface area contributed by atoms with Crippen LogP contribution in [0.15, 0.2) is 21.7 Å². The summed E-state index contributed by atoms with van der Waals surface area (Å²) in [7, 11) is -3.53. The minimum Gasteiger partial charge on any atom is -0.324 e. The van der Waals surface area contributed by atoms with Crippen LogP contribution in [0.4, 0.5) is 5.13 Å².